The lowest BCUT2D eigenvalue weighted by Gasteiger charge is -2.35. The lowest BCUT2D eigenvalue weighted by atomic mass is 10.0. The summed E-state index contributed by atoms with van der Waals surface area (Å²) in [6.45, 7) is 7.46. The first-order valence-corrected chi connectivity index (χ1v) is 6.79. The molecule has 1 aliphatic heterocycles. The summed E-state index contributed by atoms with van der Waals surface area (Å²) in [6, 6.07) is 7.94. The van der Waals surface area contributed by atoms with Crippen LogP contribution in [0.15, 0.2) is 24.3 Å². The summed E-state index contributed by atoms with van der Waals surface area (Å²) >= 11 is 0. The monoisotopic (exact) mass is 262 g/mol. The Labute approximate surface area is 114 Å². The van der Waals surface area contributed by atoms with E-state index >= 15 is 0 Å². The van der Waals surface area contributed by atoms with E-state index in [1.54, 1.807) is 6.92 Å². The van der Waals surface area contributed by atoms with Gasteiger partial charge >= 0.3 is 0 Å². The van der Waals surface area contributed by atoms with E-state index in [0.717, 1.165) is 37.3 Å². The zero-order valence-electron chi connectivity index (χ0n) is 11.7. The summed E-state index contributed by atoms with van der Waals surface area (Å²) in [5.74, 6) is 0.138. The molecule has 1 aromatic carbocycles. The van der Waals surface area contributed by atoms with Crippen LogP contribution in [-0.2, 0) is 4.79 Å². The van der Waals surface area contributed by atoms with Crippen molar-refractivity contribution in [3.63, 3.8) is 0 Å². The van der Waals surface area contributed by atoms with Crippen LogP contribution in [0, 0.1) is 6.92 Å². The molecule has 1 fully saturated rings. The molecule has 1 atom stereocenters. The molecule has 1 amide bonds. The van der Waals surface area contributed by atoms with Crippen molar-refractivity contribution in [2.24, 2.45) is 0 Å². The van der Waals surface area contributed by atoms with Crippen LogP contribution in [0.25, 0.3) is 0 Å². The topological polar surface area (TPSA) is 43.8 Å². The van der Waals surface area contributed by atoms with Gasteiger partial charge in [0.15, 0.2) is 0 Å². The first-order valence-electron chi connectivity index (χ1n) is 6.79. The predicted octanol–water partition coefficient (Wildman–Crippen LogP) is 1.19. The van der Waals surface area contributed by atoms with E-state index in [4.69, 9.17) is 0 Å². The second-order valence-corrected chi connectivity index (χ2v) is 5.18. The van der Waals surface area contributed by atoms with Crippen LogP contribution in [-0.4, -0.2) is 53.5 Å². The van der Waals surface area contributed by atoms with Gasteiger partial charge in [0, 0.05) is 39.6 Å². The predicted molar refractivity (Wildman–Crippen MR) is 74.8 cm³/mol. The highest BCUT2D eigenvalue weighted by Crippen LogP contribution is 2.18. The van der Waals surface area contributed by atoms with Crippen molar-refractivity contribution >= 4 is 5.91 Å². The van der Waals surface area contributed by atoms with Crippen LogP contribution in [0.5, 0.6) is 0 Å². The number of hydrogen-bond donors (Lipinski definition) is 1. The maximum Gasteiger partial charge on any atom is 0.219 e. The largest absolute Gasteiger partial charge is 0.387 e. The number of amides is 1. The van der Waals surface area contributed by atoms with Crippen LogP contribution in [0.1, 0.15) is 24.2 Å². The third-order valence-corrected chi connectivity index (χ3v) is 3.80. The van der Waals surface area contributed by atoms with E-state index in [9.17, 15) is 9.90 Å². The molecule has 1 unspecified atom stereocenters. The Balaban J connectivity index is 1.89. The summed E-state index contributed by atoms with van der Waals surface area (Å²) in [4.78, 5) is 15.3. The Morgan fingerprint density at radius 2 is 1.89 bits per heavy atom. The first-order chi connectivity index (χ1) is 9.08. The van der Waals surface area contributed by atoms with Gasteiger partial charge in [0.2, 0.25) is 5.91 Å². The molecule has 1 N–H and O–H groups in total. The Morgan fingerprint density at radius 3 is 2.47 bits per heavy atom. The minimum Gasteiger partial charge on any atom is -0.387 e. The first kappa shape index (κ1) is 14.0. The van der Waals surface area contributed by atoms with Crippen LogP contribution >= 0.6 is 0 Å². The van der Waals surface area contributed by atoms with Crippen LogP contribution < -0.4 is 0 Å². The maximum atomic E-state index is 11.3. The molecule has 4 nitrogen and oxygen atoms in total. The Kier molecular flexibility index (Phi) is 4.56. The fourth-order valence-electron chi connectivity index (χ4n) is 2.55. The van der Waals surface area contributed by atoms with Crippen molar-refractivity contribution < 1.29 is 9.90 Å². The molecule has 1 saturated heterocycles. The molecule has 1 aliphatic rings. The number of aliphatic hydroxyl groups is 1. The number of nitrogens with zero attached hydrogens (tertiary/aromatic N) is 2. The number of piperazine rings is 1. The molecular formula is C15H22N2O2. The Bertz CT molecular complexity index is 440. The van der Waals surface area contributed by atoms with E-state index < -0.39 is 6.10 Å². The van der Waals surface area contributed by atoms with Crippen LogP contribution in [0.2, 0.25) is 0 Å². The standard InChI is InChI=1S/C15H22N2O2/c1-12-5-3-4-6-14(12)15(19)11-16-7-9-17(10-8-16)13(2)18/h3-6,15,19H,7-11H2,1-2H3. The summed E-state index contributed by atoms with van der Waals surface area (Å²) in [6.07, 6.45) is -0.454. The highest BCUT2D eigenvalue weighted by Gasteiger charge is 2.21. The molecule has 1 aromatic rings. The molecule has 0 saturated carbocycles. The van der Waals surface area contributed by atoms with Crippen molar-refractivity contribution in [1.29, 1.82) is 0 Å². The normalized spacial score (nSPS) is 18.4. The van der Waals surface area contributed by atoms with E-state index in [2.05, 4.69) is 4.90 Å². The molecule has 2 rings (SSSR count). The van der Waals surface area contributed by atoms with E-state index in [1.807, 2.05) is 36.1 Å². The summed E-state index contributed by atoms with van der Waals surface area (Å²) in [5, 5.41) is 10.3. The average molecular weight is 262 g/mol. The quantitative estimate of drug-likeness (QED) is 0.890. The SMILES string of the molecule is CC(=O)N1CCN(CC(O)c2ccccc2C)CC1. The maximum absolute atomic E-state index is 11.3. The van der Waals surface area contributed by atoms with Crippen molar-refractivity contribution in [1.82, 2.24) is 9.80 Å². The molecule has 4 heteroatoms. The summed E-state index contributed by atoms with van der Waals surface area (Å²) in [5.41, 5.74) is 2.12. The minimum absolute atomic E-state index is 0.138. The van der Waals surface area contributed by atoms with Gasteiger partial charge in [0.1, 0.15) is 0 Å². The van der Waals surface area contributed by atoms with Gasteiger partial charge in [-0.2, -0.15) is 0 Å². The molecule has 0 aliphatic carbocycles. The van der Waals surface area contributed by atoms with Crippen LogP contribution in [0.3, 0.4) is 0 Å². The molecule has 0 aromatic heterocycles. The third kappa shape index (κ3) is 3.55. The number of carbonyl (C=O) groups is 1. The van der Waals surface area contributed by atoms with Crippen LogP contribution in [0.4, 0.5) is 0 Å². The smallest absolute Gasteiger partial charge is 0.219 e. The molecule has 104 valence electrons. The van der Waals surface area contributed by atoms with Crippen molar-refractivity contribution in [3.8, 4) is 0 Å². The summed E-state index contributed by atoms with van der Waals surface area (Å²) < 4.78 is 0. The van der Waals surface area contributed by atoms with Crippen molar-refractivity contribution in [2.45, 2.75) is 20.0 Å². The van der Waals surface area contributed by atoms with E-state index in [0.29, 0.717) is 6.54 Å². The van der Waals surface area contributed by atoms with Gasteiger partial charge < -0.3 is 10.0 Å². The second-order valence-electron chi connectivity index (χ2n) is 5.18. The zero-order valence-corrected chi connectivity index (χ0v) is 11.7. The number of aliphatic hydroxyl groups excluding tert-OH is 1. The second kappa shape index (κ2) is 6.17. The molecular weight excluding hydrogens is 240 g/mol. The highest BCUT2D eigenvalue weighted by atomic mass is 16.3. The van der Waals surface area contributed by atoms with Gasteiger partial charge in [-0.1, -0.05) is 24.3 Å². The molecule has 1 heterocycles. The third-order valence-electron chi connectivity index (χ3n) is 3.80. The van der Waals surface area contributed by atoms with Gasteiger partial charge in [-0.3, -0.25) is 9.69 Å². The van der Waals surface area contributed by atoms with E-state index in [1.165, 1.54) is 0 Å². The molecule has 0 bridgehead atoms. The molecule has 19 heavy (non-hydrogen) atoms. The van der Waals surface area contributed by atoms with Gasteiger partial charge in [-0.05, 0) is 18.1 Å². The highest BCUT2D eigenvalue weighted by molar-refractivity contribution is 5.73. The zero-order chi connectivity index (χ0) is 13.8. The van der Waals surface area contributed by atoms with Gasteiger partial charge in [-0.15, -0.1) is 0 Å². The van der Waals surface area contributed by atoms with E-state index in [-0.39, 0.29) is 5.91 Å². The number of carbonyl (C=O) groups excluding carboxylic acids is 1. The average Bonchev–Trinajstić information content (AvgIpc) is 2.39. The van der Waals surface area contributed by atoms with Gasteiger partial charge in [0.05, 0.1) is 6.10 Å². The Morgan fingerprint density at radius 1 is 1.26 bits per heavy atom. The van der Waals surface area contributed by atoms with Gasteiger partial charge in [0.25, 0.3) is 0 Å². The number of benzene rings is 1. The Hall–Kier alpha value is -1.39. The lowest BCUT2D eigenvalue weighted by molar-refractivity contribution is -0.130. The van der Waals surface area contributed by atoms with Crippen molar-refractivity contribution in [3.05, 3.63) is 35.4 Å². The number of rotatable bonds is 3. The fourth-order valence-corrected chi connectivity index (χ4v) is 2.55. The minimum atomic E-state index is -0.454. The summed E-state index contributed by atoms with van der Waals surface area (Å²) in [7, 11) is 0. The van der Waals surface area contributed by atoms with Gasteiger partial charge in [-0.25, -0.2) is 0 Å². The number of β-amino-alcohol motifs (C(OH)–C–C–N with tert-alkyl or cyclic N) is 1. The number of aryl methyl sites for hydroxylation is 1. The number of hydrogen-bond acceptors (Lipinski definition) is 3. The molecule has 0 radical (unpaired) electrons. The fraction of sp³-hybridized carbons (Fsp3) is 0.533. The van der Waals surface area contributed by atoms with Crippen molar-refractivity contribution in [2.75, 3.05) is 32.7 Å². The lowest BCUT2D eigenvalue weighted by Crippen LogP contribution is -2.48. The molecule has 0 spiro atoms.